The van der Waals surface area contributed by atoms with Gasteiger partial charge >= 0.3 is 0 Å². The monoisotopic (exact) mass is 334 g/mol. The van der Waals surface area contributed by atoms with Gasteiger partial charge in [0.2, 0.25) is 15.9 Å². The van der Waals surface area contributed by atoms with E-state index < -0.39 is 10.0 Å². The molecule has 0 radical (unpaired) electrons. The lowest BCUT2D eigenvalue weighted by atomic mass is 10.3. The van der Waals surface area contributed by atoms with Crippen LogP contribution in [0.2, 0.25) is 0 Å². The standard InChI is InChI=1S/C11H15BrN2O3S/c1-14(2)18(16,17)10-5-3-4-9(8-10)13-11(15)6-7-12/h3-5,8H,6-7H2,1-2H3,(H,13,15). The molecule has 0 aliphatic heterocycles. The van der Waals surface area contributed by atoms with E-state index in [9.17, 15) is 13.2 Å². The Kier molecular flexibility index (Phi) is 5.30. The first-order valence-corrected chi connectivity index (χ1v) is 7.82. The third-order valence-corrected chi connectivity index (χ3v) is 4.43. The molecule has 0 saturated carbocycles. The van der Waals surface area contributed by atoms with E-state index in [0.29, 0.717) is 17.4 Å². The van der Waals surface area contributed by atoms with Crippen LogP contribution in [0.3, 0.4) is 0 Å². The molecule has 0 aliphatic carbocycles. The quantitative estimate of drug-likeness (QED) is 0.833. The van der Waals surface area contributed by atoms with Gasteiger partial charge in [-0.25, -0.2) is 12.7 Å². The van der Waals surface area contributed by atoms with Crippen LogP contribution in [0.25, 0.3) is 0 Å². The van der Waals surface area contributed by atoms with Crippen molar-refractivity contribution in [1.29, 1.82) is 0 Å². The van der Waals surface area contributed by atoms with Gasteiger partial charge in [0.1, 0.15) is 0 Å². The number of alkyl halides is 1. The molecular weight excluding hydrogens is 320 g/mol. The Labute approximate surface area is 115 Å². The maximum Gasteiger partial charge on any atom is 0.242 e. The topological polar surface area (TPSA) is 66.5 Å². The molecule has 0 aromatic heterocycles. The molecule has 7 heteroatoms. The molecule has 0 spiro atoms. The van der Waals surface area contributed by atoms with Crippen molar-refractivity contribution in [3.63, 3.8) is 0 Å². The molecular formula is C11H15BrN2O3S. The highest BCUT2D eigenvalue weighted by Crippen LogP contribution is 2.18. The van der Waals surface area contributed by atoms with Crippen molar-refractivity contribution in [3.8, 4) is 0 Å². The third-order valence-electron chi connectivity index (χ3n) is 2.22. The predicted molar refractivity (Wildman–Crippen MR) is 74.4 cm³/mol. The molecule has 1 rings (SSSR count). The Hall–Kier alpha value is -0.920. The van der Waals surface area contributed by atoms with Crippen LogP contribution in [0.15, 0.2) is 29.2 Å². The summed E-state index contributed by atoms with van der Waals surface area (Å²) in [5, 5.41) is 3.21. The molecule has 1 N–H and O–H groups in total. The fourth-order valence-electron chi connectivity index (χ4n) is 1.25. The first-order valence-electron chi connectivity index (χ1n) is 5.26. The molecule has 0 bridgehead atoms. The second kappa shape index (κ2) is 6.31. The maximum absolute atomic E-state index is 11.9. The van der Waals surface area contributed by atoms with Gasteiger partial charge in [-0.05, 0) is 18.2 Å². The molecule has 100 valence electrons. The summed E-state index contributed by atoms with van der Waals surface area (Å²) >= 11 is 3.17. The largest absolute Gasteiger partial charge is 0.326 e. The highest BCUT2D eigenvalue weighted by molar-refractivity contribution is 9.09. The number of nitrogens with zero attached hydrogens (tertiary/aromatic N) is 1. The van der Waals surface area contributed by atoms with Crippen LogP contribution in [0, 0.1) is 0 Å². The van der Waals surface area contributed by atoms with Gasteiger partial charge in [0.25, 0.3) is 0 Å². The van der Waals surface area contributed by atoms with Gasteiger partial charge in [0.15, 0.2) is 0 Å². The summed E-state index contributed by atoms with van der Waals surface area (Å²) < 4.78 is 24.9. The highest BCUT2D eigenvalue weighted by Gasteiger charge is 2.17. The Bertz CT molecular complexity index is 529. The summed E-state index contributed by atoms with van der Waals surface area (Å²) in [5.41, 5.74) is 0.476. The molecule has 0 aliphatic rings. The SMILES string of the molecule is CN(C)S(=O)(=O)c1cccc(NC(=O)CCBr)c1. The molecule has 1 aromatic rings. The number of nitrogens with one attached hydrogen (secondary N) is 1. The van der Waals surface area contributed by atoms with Crippen molar-refractivity contribution in [2.24, 2.45) is 0 Å². The molecule has 0 fully saturated rings. The summed E-state index contributed by atoms with van der Waals surface area (Å²) in [6.45, 7) is 0. The molecule has 5 nitrogen and oxygen atoms in total. The minimum Gasteiger partial charge on any atom is -0.326 e. The molecule has 1 amide bonds. The van der Waals surface area contributed by atoms with E-state index in [0.717, 1.165) is 4.31 Å². The van der Waals surface area contributed by atoms with Crippen molar-refractivity contribution in [2.45, 2.75) is 11.3 Å². The van der Waals surface area contributed by atoms with Gasteiger partial charge in [0.05, 0.1) is 4.90 Å². The van der Waals surface area contributed by atoms with Gasteiger partial charge in [-0.1, -0.05) is 22.0 Å². The van der Waals surface area contributed by atoms with Crippen LogP contribution in [0.4, 0.5) is 5.69 Å². The number of hydrogen-bond donors (Lipinski definition) is 1. The van der Waals surface area contributed by atoms with Crippen LogP contribution in [-0.4, -0.2) is 38.1 Å². The average molecular weight is 335 g/mol. The van der Waals surface area contributed by atoms with Crippen molar-refractivity contribution in [1.82, 2.24) is 4.31 Å². The Morgan fingerprint density at radius 3 is 2.61 bits per heavy atom. The first kappa shape index (κ1) is 15.1. The first-order chi connectivity index (χ1) is 8.37. The van der Waals surface area contributed by atoms with Crippen LogP contribution >= 0.6 is 15.9 Å². The van der Waals surface area contributed by atoms with E-state index >= 15 is 0 Å². The van der Waals surface area contributed by atoms with E-state index in [2.05, 4.69) is 21.2 Å². The van der Waals surface area contributed by atoms with Gasteiger partial charge < -0.3 is 5.32 Å². The second-order valence-electron chi connectivity index (χ2n) is 3.80. The fraction of sp³-hybridized carbons (Fsp3) is 0.364. The zero-order valence-electron chi connectivity index (χ0n) is 10.2. The summed E-state index contributed by atoms with van der Waals surface area (Å²) in [6, 6.07) is 6.19. The number of rotatable bonds is 5. The van der Waals surface area contributed by atoms with E-state index in [1.54, 1.807) is 12.1 Å². The number of carbonyl (C=O) groups excluding carboxylic acids is 1. The number of sulfonamides is 1. The van der Waals surface area contributed by atoms with E-state index in [1.165, 1.54) is 26.2 Å². The predicted octanol–water partition coefficient (Wildman–Crippen LogP) is 1.66. The van der Waals surface area contributed by atoms with E-state index in [-0.39, 0.29) is 10.8 Å². The summed E-state index contributed by atoms with van der Waals surface area (Å²) in [4.78, 5) is 11.6. The minimum absolute atomic E-state index is 0.157. The smallest absolute Gasteiger partial charge is 0.242 e. The lowest BCUT2D eigenvalue weighted by molar-refractivity contribution is -0.115. The van der Waals surface area contributed by atoms with Crippen molar-refractivity contribution < 1.29 is 13.2 Å². The summed E-state index contributed by atoms with van der Waals surface area (Å²) in [6.07, 6.45) is 0.338. The van der Waals surface area contributed by atoms with Crippen LogP contribution in [0.5, 0.6) is 0 Å². The van der Waals surface area contributed by atoms with Crippen LogP contribution in [0.1, 0.15) is 6.42 Å². The zero-order valence-corrected chi connectivity index (χ0v) is 12.6. The minimum atomic E-state index is -3.47. The normalized spacial score (nSPS) is 11.6. The Morgan fingerprint density at radius 1 is 1.39 bits per heavy atom. The number of carbonyl (C=O) groups is 1. The number of benzene rings is 1. The van der Waals surface area contributed by atoms with Crippen LogP contribution < -0.4 is 5.32 Å². The van der Waals surface area contributed by atoms with Crippen molar-refractivity contribution >= 4 is 37.5 Å². The molecule has 18 heavy (non-hydrogen) atoms. The number of hydrogen-bond acceptors (Lipinski definition) is 3. The van der Waals surface area contributed by atoms with Gasteiger partial charge in [-0.3, -0.25) is 4.79 Å². The van der Waals surface area contributed by atoms with Crippen molar-refractivity contribution in [2.75, 3.05) is 24.7 Å². The Morgan fingerprint density at radius 2 is 2.06 bits per heavy atom. The third kappa shape index (κ3) is 3.79. The molecule has 0 unspecified atom stereocenters. The summed E-state index contributed by atoms with van der Waals surface area (Å²) in [5.74, 6) is -0.161. The van der Waals surface area contributed by atoms with Gasteiger partial charge in [-0.2, -0.15) is 0 Å². The van der Waals surface area contributed by atoms with Gasteiger partial charge in [0, 0.05) is 31.5 Å². The lowest BCUT2D eigenvalue weighted by Crippen LogP contribution is -2.22. The molecule has 1 aromatic carbocycles. The number of anilines is 1. The molecule has 0 heterocycles. The lowest BCUT2D eigenvalue weighted by Gasteiger charge is -2.12. The fourth-order valence-corrected chi connectivity index (χ4v) is 2.56. The molecule has 0 saturated heterocycles. The maximum atomic E-state index is 11.9. The zero-order chi connectivity index (χ0) is 13.8. The highest BCUT2D eigenvalue weighted by atomic mass is 79.9. The van der Waals surface area contributed by atoms with Gasteiger partial charge in [-0.15, -0.1) is 0 Å². The Balaban J connectivity index is 2.97. The average Bonchev–Trinajstić information content (AvgIpc) is 2.29. The number of amides is 1. The molecule has 0 atom stereocenters. The van der Waals surface area contributed by atoms with E-state index in [4.69, 9.17) is 0 Å². The number of halogens is 1. The summed E-state index contributed by atoms with van der Waals surface area (Å²) in [7, 11) is -0.547. The van der Waals surface area contributed by atoms with Crippen LogP contribution in [-0.2, 0) is 14.8 Å². The van der Waals surface area contributed by atoms with E-state index in [1.807, 2.05) is 0 Å². The van der Waals surface area contributed by atoms with Crippen molar-refractivity contribution in [3.05, 3.63) is 24.3 Å². The second-order valence-corrected chi connectivity index (χ2v) is 6.75.